The van der Waals surface area contributed by atoms with E-state index in [1.165, 1.54) is 17.4 Å². The number of aromatic nitrogens is 1. The third kappa shape index (κ3) is 3.91. The van der Waals surface area contributed by atoms with Gasteiger partial charge < -0.3 is 5.73 Å². The predicted octanol–water partition coefficient (Wildman–Crippen LogP) is 3.93. The first-order valence-corrected chi connectivity index (χ1v) is 7.65. The molecule has 20 heavy (non-hydrogen) atoms. The molecule has 0 unspecified atom stereocenters. The Morgan fingerprint density at radius 2 is 2.20 bits per heavy atom. The van der Waals surface area contributed by atoms with E-state index in [4.69, 9.17) is 17.3 Å². The van der Waals surface area contributed by atoms with Crippen LogP contribution in [0.3, 0.4) is 0 Å². The van der Waals surface area contributed by atoms with E-state index in [1.54, 1.807) is 18.3 Å². The van der Waals surface area contributed by atoms with E-state index in [-0.39, 0.29) is 5.82 Å². The normalized spacial score (nSPS) is 11.2. The van der Waals surface area contributed by atoms with Crippen molar-refractivity contribution in [3.63, 3.8) is 0 Å². The van der Waals surface area contributed by atoms with Crippen LogP contribution >= 0.6 is 22.9 Å². The molecule has 0 aliphatic heterocycles. The lowest BCUT2D eigenvalue weighted by molar-refractivity contribution is 0.256. The van der Waals surface area contributed by atoms with Gasteiger partial charge in [-0.3, -0.25) is 4.90 Å². The summed E-state index contributed by atoms with van der Waals surface area (Å²) in [4.78, 5) is 7.26. The topological polar surface area (TPSA) is 42.2 Å². The van der Waals surface area contributed by atoms with Gasteiger partial charge in [0.05, 0.1) is 0 Å². The molecule has 0 amide bonds. The molecular formula is C14H17ClFN3S. The van der Waals surface area contributed by atoms with Crippen molar-refractivity contribution in [1.82, 2.24) is 9.88 Å². The lowest BCUT2D eigenvalue weighted by atomic mass is 10.2. The zero-order valence-electron chi connectivity index (χ0n) is 11.3. The highest BCUT2D eigenvalue weighted by Crippen LogP contribution is 2.23. The summed E-state index contributed by atoms with van der Waals surface area (Å²) in [6.07, 6.45) is 2.76. The second kappa shape index (κ2) is 7.02. The summed E-state index contributed by atoms with van der Waals surface area (Å²) in [5, 5.41) is 1.02. The van der Waals surface area contributed by atoms with Crippen molar-refractivity contribution in [2.75, 3.05) is 12.3 Å². The summed E-state index contributed by atoms with van der Waals surface area (Å²) in [7, 11) is 0. The van der Waals surface area contributed by atoms with Crippen LogP contribution in [0, 0.1) is 5.82 Å². The van der Waals surface area contributed by atoms with Crippen LogP contribution < -0.4 is 5.73 Å². The Hall–Kier alpha value is -1.17. The fourth-order valence-corrected chi connectivity index (χ4v) is 3.00. The molecule has 0 saturated heterocycles. The first kappa shape index (κ1) is 15.2. The Morgan fingerprint density at radius 3 is 2.80 bits per heavy atom. The van der Waals surface area contributed by atoms with E-state index in [1.807, 2.05) is 0 Å². The van der Waals surface area contributed by atoms with Gasteiger partial charge in [0.1, 0.15) is 5.82 Å². The van der Waals surface area contributed by atoms with Gasteiger partial charge in [-0.05, 0) is 25.1 Å². The Balaban J connectivity index is 2.13. The van der Waals surface area contributed by atoms with Crippen LogP contribution in [0.15, 0.2) is 24.4 Å². The standard InChI is InChI=1S/C14H17ClFN3S/c1-2-6-19(8-10-7-18-14(17)20-10)9-11-12(15)4-3-5-13(11)16/h3-5,7H,2,6,8-9H2,1H3,(H2,17,18). The average Bonchev–Trinajstić information content (AvgIpc) is 2.80. The maximum Gasteiger partial charge on any atom is 0.180 e. The number of halogens is 2. The van der Waals surface area contributed by atoms with Crippen molar-refractivity contribution in [3.8, 4) is 0 Å². The smallest absolute Gasteiger partial charge is 0.180 e. The van der Waals surface area contributed by atoms with Gasteiger partial charge in [0, 0.05) is 34.7 Å². The Morgan fingerprint density at radius 1 is 1.40 bits per heavy atom. The molecule has 0 aliphatic rings. The zero-order chi connectivity index (χ0) is 14.5. The number of rotatable bonds is 6. The molecule has 0 aliphatic carbocycles. The van der Waals surface area contributed by atoms with Crippen LogP contribution in [0.25, 0.3) is 0 Å². The third-order valence-corrected chi connectivity index (χ3v) is 4.10. The van der Waals surface area contributed by atoms with Crippen molar-refractivity contribution in [1.29, 1.82) is 0 Å². The summed E-state index contributed by atoms with van der Waals surface area (Å²) in [5.41, 5.74) is 6.18. The summed E-state index contributed by atoms with van der Waals surface area (Å²) in [6, 6.07) is 4.78. The molecule has 3 nitrogen and oxygen atoms in total. The highest BCUT2D eigenvalue weighted by molar-refractivity contribution is 7.15. The predicted molar refractivity (Wildman–Crippen MR) is 82.3 cm³/mol. The maximum absolute atomic E-state index is 13.9. The number of nitrogen functional groups attached to an aromatic ring is 1. The minimum absolute atomic E-state index is 0.262. The molecule has 2 aromatic rings. The van der Waals surface area contributed by atoms with E-state index in [0.717, 1.165) is 17.8 Å². The Kier molecular flexibility index (Phi) is 5.34. The van der Waals surface area contributed by atoms with Gasteiger partial charge in [-0.2, -0.15) is 0 Å². The number of thiazole rings is 1. The number of anilines is 1. The molecule has 2 N–H and O–H groups in total. The van der Waals surface area contributed by atoms with Crippen molar-refractivity contribution in [2.45, 2.75) is 26.4 Å². The number of hydrogen-bond donors (Lipinski definition) is 1. The zero-order valence-corrected chi connectivity index (χ0v) is 12.8. The molecule has 1 aromatic heterocycles. The molecule has 0 bridgehead atoms. The first-order chi connectivity index (χ1) is 9.60. The number of benzene rings is 1. The van der Waals surface area contributed by atoms with Crippen molar-refractivity contribution < 1.29 is 4.39 Å². The number of nitrogens with two attached hydrogens (primary N) is 1. The summed E-state index contributed by atoms with van der Waals surface area (Å²) in [6.45, 7) is 4.14. The fraction of sp³-hybridized carbons (Fsp3) is 0.357. The lowest BCUT2D eigenvalue weighted by Gasteiger charge is -2.21. The van der Waals surface area contributed by atoms with Gasteiger partial charge >= 0.3 is 0 Å². The molecule has 0 spiro atoms. The molecular weight excluding hydrogens is 297 g/mol. The summed E-state index contributed by atoms with van der Waals surface area (Å²) >= 11 is 7.54. The van der Waals surface area contributed by atoms with Crippen LogP contribution in [0.1, 0.15) is 23.8 Å². The van der Waals surface area contributed by atoms with E-state index in [0.29, 0.717) is 28.8 Å². The minimum Gasteiger partial charge on any atom is -0.375 e. The fourth-order valence-electron chi connectivity index (χ4n) is 2.05. The van der Waals surface area contributed by atoms with Gasteiger partial charge in [-0.15, -0.1) is 11.3 Å². The number of nitrogens with zero attached hydrogens (tertiary/aromatic N) is 2. The van der Waals surface area contributed by atoms with Crippen LogP contribution in [0.5, 0.6) is 0 Å². The van der Waals surface area contributed by atoms with E-state index in [2.05, 4.69) is 16.8 Å². The lowest BCUT2D eigenvalue weighted by Crippen LogP contribution is -2.24. The molecule has 1 aromatic carbocycles. The molecule has 1 heterocycles. The minimum atomic E-state index is -0.262. The van der Waals surface area contributed by atoms with Crippen LogP contribution in [0.4, 0.5) is 9.52 Å². The van der Waals surface area contributed by atoms with Gasteiger partial charge in [0.25, 0.3) is 0 Å². The maximum atomic E-state index is 13.9. The molecule has 108 valence electrons. The summed E-state index contributed by atoms with van der Waals surface area (Å²) < 4.78 is 13.9. The van der Waals surface area contributed by atoms with Gasteiger partial charge in [-0.25, -0.2) is 9.37 Å². The van der Waals surface area contributed by atoms with Crippen LogP contribution in [0.2, 0.25) is 5.02 Å². The molecule has 0 saturated carbocycles. The third-order valence-electron chi connectivity index (χ3n) is 2.93. The van der Waals surface area contributed by atoms with Crippen LogP contribution in [-0.4, -0.2) is 16.4 Å². The Bertz CT molecular complexity index is 553. The van der Waals surface area contributed by atoms with Crippen LogP contribution in [-0.2, 0) is 13.1 Å². The number of hydrogen-bond acceptors (Lipinski definition) is 4. The summed E-state index contributed by atoms with van der Waals surface area (Å²) in [5.74, 6) is -0.262. The van der Waals surface area contributed by atoms with Crippen molar-refractivity contribution in [2.24, 2.45) is 0 Å². The van der Waals surface area contributed by atoms with Crippen molar-refractivity contribution >= 4 is 28.1 Å². The molecule has 2 rings (SSSR count). The quantitative estimate of drug-likeness (QED) is 0.878. The SMILES string of the molecule is CCCN(Cc1cnc(N)s1)Cc1c(F)cccc1Cl. The van der Waals surface area contributed by atoms with E-state index in [9.17, 15) is 4.39 Å². The highest BCUT2D eigenvalue weighted by atomic mass is 35.5. The monoisotopic (exact) mass is 313 g/mol. The molecule has 0 radical (unpaired) electrons. The molecule has 6 heteroatoms. The highest BCUT2D eigenvalue weighted by Gasteiger charge is 2.13. The largest absolute Gasteiger partial charge is 0.375 e. The Labute approximate surface area is 127 Å². The second-order valence-electron chi connectivity index (χ2n) is 4.58. The van der Waals surface area contributed by atoms with E-state index < -0.39 is 0 Å². The van der Waals surface area contributed by atoms with Gasteiger partial charge in [0.15, 0.2) is 5.13 Å². The average molecular weight is 314 g/mol. The van der Waals surface area contributed by atoms with Gasteiger partial charge in [-0.1, -0.05) is 24.6 Å². The molecule has 0 fully saturated rings. The van der Waals surface area contributed by atoms with Crippen molar-refractivity contribution in [3.05, 3.63) is 45.7 Å². The second-order valence-corrected chi connectivity index (χ2v) is 6.13. The first-order valence-electron chi connectivity index (χ1n) is 6.45. The van der Waals surface area contributed by atoms with Gasteiger partial charge in [0.2, 0.25) is 0 Å². The molecule has 0 atom stereocenters. The van der Waals surface area contributed by atoms with E-state index >= 15 is 0 Å².